The van der Waals surface area contributed by atoms with Crippen molar-refractivity contribution in [1.82, 2.24) is 15.5 Å². The van der Waals surface area contributed by atoms with Crippen molar-refractivity contribution >= 4 is 35.8 Å². The highest BCUT2D eigenvalue weighted by molar-refractivity contribution is 14.0. The molecular weight excluding hydrogens is 500 g/mol. The molecule has 0 saturated heterocycles. The Hall–Kier alpha value is -1.72. The zero-order valence-corrected chi connectivity index (χ0v) is 19.7. The van der Waals surface area contributed by atoms with E-state index in [1.165, 1.54) is 7.05 Å². The Morgan fingerprint density at radius 3 is 2.52 bits per heavy atom. The molecule has 0 heterocycles. The van der Waals surface area contributed by atoms with E-state index in [1.807, 2.05) is 39.0 Å². The minimum absolute atomic E-state index is 0. The molecule has 0 fully saturated rings. The molecule has 0 aliphatic carbocycles. The van der Waals surface area contributed by atoms with Crippen LogP contribution >= 0.6 is 24.0 Å². The summed E-state index contributed by atoms with van der Waals surface area (Å²) >= 11 is 0. The van der Waals surface area contributed by atoms with Gasteiger partial charge in [-0.25, -0.2) is 0 Å². The second-order valence-electron chi connectivity index (χ2n) is 6.59. The number of alkyl halides is 3. The summed E-state index contributed by atoms with van der Waals surface area (Å²) in [5, 5.41) is 5.77. The summed E-state index contributed by atoms with van der Waals surface area (Å²) in [5.74, 6) is 0.388. The van der Waals surface area contributed by atoms with Gasteiger partial charge in [-0.1, -0.05) is 19.1 Å². The summed E-state index contributed by atoms with van der Waals surface area (Å²) in [7, 11) is 2.63. The highest BCUT2D eigenvalue weighted by atomic mass is 127. The van der Waals surface area contributed by atoms with Crippen molar-refractivity contribution in [3.8, 4) is 5.75 Å². The van der Waals surface area contributed by atoms with Gasteiger partial charge >= 0.3 is 6.18 Å². The summed E-state index contributed by atoms with van der Waals surface area (Å²) in [6, 6.07) is 5.86. The smallest absolute Gasteiger partial charge is 0.406 e. The van der Waals surface area contributed by atoms with E-state index in [4.69, 9.17) is 4.74 Å². The maximum atomic E-state index is 12.4. The molecule has 1 rings (SSSR count). The average Bonchev–Trinajstić information content (AvgIpc) is 2.61. The highest BCUT2D eigenvalue weighted by Crippen LogP contribution is 2.22. The molecule has 2 N–H and O–H groups in total. The van der Waals surface area contributed by atoms with Crippen LogP contribution in [0.15, 0.2) is 23.2 Å². The number of rotatable bonds is 8. The standard InChI is InChI=1S/C19H29F3N4O2.HI/c1-6-14(3)28-16-9-13(2)7-8-15(16)10-24-18(23-4)25-11-17(27)26(5)12-19(20,21)22;/h7-9,14H,6,10-12H2,1-5H3,(H2,23,24,25);1H. The van der Waals surface area contributed by atoms with Gasteiger partial charge in [0.05, 0.1) is 12.6 Å². The third-order valence-electron chi connectivity index (χ3n) is 4.04. The lowest BCUT2D eigenvalue weighted by atomic mass is 10.1. The quantitative estimate of drug-likeness (QED) is 0.307. The van der Waals surface area contributed by atoms with E-state index < -0.39 is 18.6 Å². The normalized spacial score (nSPS) is 12.6. The number of nitrogens with one attached hydrogen (secondary N) is 2. The van der Waals surface area contributed by atoms with Crippen molar-refractivity contribution in [2.24, 2.45) is 4.99 Å². The molecule has 0 saturated carbocycles. The first-order chi connectivity index (χ1) is 13.1. The van der Waals surface area contributed by atoms with Gasteiger partial charge in [-0.05, 0) is 31.9 Å². The first-order valence-corrected chi connectivity index (χ1v) is 9.07. The van der Waals surface area contributed by atoms with Gasteiger partial charge in [-0.3, -0.25) is 9.79 Å². The minimum Gasteiger partial charge on any atom is -0.490 e. The lowest BCUT2D eigenvalue weighted by Crippen LogP contribution is -2.45. The van der Waals surface area contributed by atoms with Crippen LogP contribution in [0.3, 0.4) is 0 Å². The summed E-state index contributed by atoms with van der Waals surface area (Å²) in [6.45, 7) is 4.80. The maximum Gasteiger partial charge on any atom is 0.406 e. The number of carbonyl (C=O) groups excluding carboxylic acids is 1. The average molecular weight is 530 g/mol. The molecule has 0 aliphatic heterocycles. The van der Waals surface area contributed by atoms with Crippen LogP contribution in [-0.4, -0.2) is 56.2 Å². The highest BCUT2D eigenvalue weighted by Gasteiger charge is 2.31. The number of ether oxygens (including phenoxy) is 1. The van der Waals surface area contributed by atoms with Crippen molar-refractivity contribution < 1.29 is 22.7 Å². The zero-order chi connectivity index (χ0) is 21.3. The molecule has 1 aromatic carbocycles. The van der Waals surface area contributed by atoms with Crippen molar-refractivity contribution in [2.75, 3.05) is 27.2 Å². The van der Waals surface area contributed by atoms with E-state index in [2.05, 4.69) is 15.6 Å². The van der Waals surface area contributed by atoms with Crippen molar-refractivity contribution in [2.45, 2.75) is 46.0 Å². The molecule has 1 aromatic rings. The second-order valence-corrected chi connectivity index (χ2v) is 6.59. The van der Waals surface area contributed by atoms with E-state index in [0.29, 0.717) is 17.4 Å². The summed E-state index contributed by atoms with van der Waals surface area (Å²) in [4.78, 5) is 16.4. The number of hydrogen-bond donors (Lipinski definition) is 2. The summed E-state index contributed by atoms with van der Waals surface area (Å²) in [5.41, 5.74) is 1.98. The number of aryl methyl sites for hydroxylation is 1. The largest absolute Gasteiger partial charge is 0.490 e. The molecule has 166 valence electrons. The molecule has 10 heteroatoms. The minimum atomic E-state index is -4.43. The number of nitrogens with zero attached hydrogens (tertiary/aromatic N) is 2. The fourth-order valence-electron chi connectivity index (χ4n) is 2.27. The van der Waals surface area contributed by atoms with E-state index in [9.17, 15) is 18.0 Å². The van der Waals surface area contributed by atoms with Crippen LogP contribution in [0.4, 0.5) is 13.2 Å². The Kier molecular flexibility index (Phi) is 12.0. The van der Waals surface area contributed by atoms with Crippen LogP contribution in [0.1, 0.15) is 31.4 Å². The van der Waals surface area contributed by atoms with Crippen molar-refractivity contribution in [3.05, 3.63) is 29.3 Å². The monoisotopic (exact) mass is 530 g/mol. The lowest BCUT2D eigenvalue weighted by molar-refractivity contribution is -0.157. The molecule has 1 atom stereocenters. The number of hydrogen-bond acceptors (Lipinski definition) is 3. The molecular formula is C19H30F3IN4O2. The SMILES string of the molecule is CCC(C)Oc1cc(C)ccc1CNC(=NC)NCC(=O)N(C)CC(F)(F)F.I. The molecule has 0 radical (unpaired) electrons. The number of amides is 1. The number of carbonyl (C=O) groups is 1. The van der Waals surface area contributed by atoms with Crippen LogP contribution < -0.4 is 15.4 Å². The third-order valence-corrected chi connectivity index (χ3v) is 4.04. The molecule has 0 aliphatic rings. The first-order valence-electron chi connectivity index (χ1n) is 9.07. The first kappa shape index (κ1) is 27.3. The predicted octanol–water partition coefficient (Wildman–Crippen LogP) is 3.48. The molecule has 6 nitrogen and oxygen atoms in total. The van der Waals surface area contributed by atoms with Gasteiger partial charge in [0, 0.05) is 26.2 Å². The van der Waals surface area contributed by atoms with E-state index in [1.54, 1.807) is 0 Å². The van der Waals surface area contributed by atoms with Gasteiger partial charge in [-0.15, -0.1) is 24.0 Å². The molecule has 0 aromatic heterocycles. The Bertz CT molecular complexity index is 684. The van der Waals surface area contributed by atoms with Gasteiger partial charge < -0.3 is 20.3 Å². The fraction of sp³-hybridized carbons (Fsp3) is 0.579. The summed E-state index contributed by atoms with van der Waals surface area (Å²) < 4.78 is 43.0. The second kappa shape index (κ2) is 12.8. The number of aliphatic imine (C=N–C) groups is 1. The molecule has 29 heavy (non-hydrogen) atoms. The number of likely N-dealkylation sites (N-methyl/N-ethyl adjacent to an activating group) is 1. The van der Waals surface area contributed by atoms with Crippen LogP contribution in [0.5, 0.6) is 5.75 Å². The van der Waals surface area contributed by atoms with Gasteiger partial charge in [0.1, 0.15) is 12.3 Å². The van der Waals surface area contributed by atoms with Gasteiger partial charge in [0.25, 0.3) is 0 Å². The van der Waals surface area contributed by atoms with Crippen LogP contribution in [0.25, 0.3) is 0 Å². The maximum absolute atomic E-state index is 12.4. The number of halogens is 4. The van der Waals surface area contributed by atoms with E-state index in [0.717, 1.165) is 30.3 Å². The van der Waals surface area contributed by atoms with Crippen LogP contribution in [-0.2, 0) is 11.3 Å². The zero-order valence-electron chi connectivity index (χ0n) is 17.4. The Morgan fingerprint density at radius 2 is 1.97 bits per heavy atom. The Balaban J connectivity index is 0.00000784. The molecule has 0 bridgehead atoms. The number of benzene rings is 1. The fourth-order valence-corrected chi connectivity index (χ4v) is 2.27. The third kappa shape index (κ3) is 10.6. The Labute approximate surface area is 187 Å². The lowest BCUT2D eigenvalue weighted by Gasteiger charge is -2.20. The molecule has 0 spiro atoms. The van der Waals surface area contributed by atoms with Crippen molar-refractivity contribution in [3.63, 3.8) is 0 Å². The topological polar surface area (TPSA) is 66.0 Å². The van der Waals surface area contributed by atoms with Gasteiger partial charge in [0.15, 0.2) is 5.96 Å². The molecule has 1 amide bonds. The summed E-state index contributed by atoms with van der Waals surface area (Å²) in [6.07, 6.45) is -3.49. The number of guanidine groups is 1. The van der Waals surface area contributed by atoms with E-state index in [-0.39, 0.29) is 36.6 Å². The van der Waals surface area contributed by atoms with Gasteiger partial charge in [0.2, 0.25) is 5.91 Å². The van der Waals surface area contributed by atoms with Crippen LogP contribution in [0.2, 0.25) is 0 Å². The van der Waals surface area contributed by atoms with E-state index >= 15 is 0 Å². The van der Waals surface area contributed by atoms with Crippen LogP contribution in [0, 0.1) is 6.92 Å². The van der Waals surface area contributed by atoms with Gasteiger partial charge in [-0.2, -0.15) is 13.2 Å². The van der Waals surface area contributed by atoms with Crippen molar-refractivity contribution in [1.29, 1.82) is 0 Å². The molecule has 1 unspecified atom stereocenters. The predicted molar refractivity (Wildman–Crippen MR) is 119 cm³/mol. The Morgan fingerprint density at radius 1 is 1.31 bits per heavy atom.